The predicted octanol–water partition coefficient (Wildman–Crippen LogP) is -1.11. The number of rotatable bonds is 8. The van der Waals surface area contributed by atoms with Crippen molar-refractivity contribution in [2.75, 3.05) is 33.0 Å². The fraction of sp³-hybridized carbons (Fsp3) is 0.875. The summed E-state index contributed by atoms with van der Waals surface area (Å²) in [5.41, 5.74) is 0. The van der Waals surface area contributed by atoms with Crippen molar-refractivity contribution in [2.45, 2.75) is 13.2 Å². The van der Waals surface area contributed by atoms with Gasteiger partial charge in [-0.1, -0.05) is 0 Å². The van der Waals surface area contributed by atoms with E-state index < -0.39 is 12.3 Å². The highest BCUT2D eigenvalue weighted by Gasteiger charge is 2.06. The molecule has 84 valence electrons. The third kappa shape index (κ3) is 9.40. The molecule has 1 unspecified atom stereocenters. The summed E-state index contributed by atoms with van der Waals surface area (Å²) in [6.45, 7) is 1.95. The maximum Gasteiger partial charge on any atom is 0.305 e. The molecule has 0 saturated heterocycles. The molecular formula is C8H16O6. The number of esters is 1. The number of carbonyl (C=O) groups excluding carboxylic acids is 1. The minimum atomic E-state index is -1.23. The smallest absolute Gasteiger partial charge is 0.305 e. The van der Waals surface area contributed by atoms with Crippen LogP contribution in [-0.2, 0) is 19.0 Å². The maximum absolute atomic E-state index is 10.3. The standard InChI is InChI=1S/C8H16O6/c1-7(10)14-8(11)6-13-5-4-12-3-2-9/h8-9,11H,2-6H2,1H3. The van der Waals surface area contributed by atoms with Crippen LogP contribution in [0.15, 0.2) is 0 Å². The lowest BCUT2D eigenvalue weighted by Gasteiger charge is -2.10. The van der Waals surface area contributed by atoms with Gasteiger partial charge in [-0.2, -0.15) is 0 Å². The summed E-state index contributed by atoms with van der Waals surface area (Å²) in [7, 11) is 0. The molecule has 0 heterocycles. The number of ether oxygens (including phenoxy) is 3. The van der Waals surface area contributed by atoms with Gasteiger partial charge in [0, 0.05) is 6.92 Å². The Bertz CT molecular complexity index is 149. The zero-order valence-electron chi connectivity index (χ0n) is 8.14. The number of carbonyl (C=O) groups is 1. The molecule has 1 atom stereocenters. The summed E-state index contributed by atoms with van der Waals surface area (Å²) in [5, 5.41) is 17.3. The summed E-state index contributed by atoms with van der Waals surface area (Å²) >= 11 is 0. The van der Waals surface area contributed by atoms with E-state index in [0.717, 1.165) is 0 Å². The first kappa shape index (κ1) is 13.3. The summed E-state index contributed by atoms with van der Waals surface area (Å²) < 4.78 is 14.2. The van der Waals surface area contributed by atoms with Gasteiger partial charge >= 0.3 is 5.97 Å². The van der Waals surface area contributed by atoms with Crippen LogP contribution in [0.5, 0.6) is 0 Å². The van der Waals surface area contributed by atoms with Gasteiger partial charge in [0.15, 0.2) is 0 Å². The van der Waals surface area contributed by atoms with Crippen LogP contribution in [0.1, 0.15) is 6.92 Å². The van der Waals surface area contributed by atoms with E-state index in [1.807, 2.05) is 0 Å². The molecule has 0 amide bonds. The number of aliphatic hydroxyl groups excluding tert-OH is 2. The van der Waals surface area contributed by atoms with Crippen LogP contribution in [0.3, 0.4) is 0 Å². The second kappa shape index (κ2) is 8.89. The molecule has 0 aromatic rings. The first-order chi connectivity index (χ1) is 6.66. The zero-order chi connectivity index (χ0) is 10.8. The van der Waals surface area contributed by atoms with Crippen LogP contribution in [0.2, 0.25) is 0 Å². The fourth-order valence-corrected chi connectivity index (χ4v) is 0.694. The average Bonchev–Trinajstić information content (AvgIpc) is 2.10. The number of hydrogen-bond donors (Lipinski definition) is 2. The SMILES string of the molecule is CC(=O)OC(O)COCCOCCO. The van der Waals surface area contributed by atoms with E-state index in [2.05, 4.69) is 4.74 Å². The highest BCUT2D eigenvalue weighted by molar-refractivity contribution is 5.65. The molecule has 0 saturated carbocycles. The molecular weight excluding hydrogens is 192 g/mol. The van der Waals surface area contributed by atoms with Gasteiger partial charge in [0.1, 0.15) is 6.61 Å². The minimum Gasteiger partial charge on any atom is -0.434 e. The molecule has 14 heavy (non-hydrogen) atoms. The molecule has 0 spiro atoms. The van der Waals surface area contributed by atoms with Gasteiger partial charge in [0.25, 0.3) is 0 Å². The average molecular weight is 208 g/mol. The molecule has 0 aliphatic heterocycles. The van der Waals surface area contributed by atoms with Crippen molar-refractivity contribution in [3.63, 3.8) is 0 Å². The molecule has 0 fully saturated rings. The molecule has 0 bridgehead atoms. The fourth-order valence-electron chi connectivity index (χ4n) is 0.694. The van der Waals surface area contributed by atoms with Crippen molar-refractivity contribution < 1.29 is 29.2 Å². The normalized spacial score (nSPS) is 12.5. The van der Waals surface area contributed by atoms with E-state index in [1.165, 1.54) is 6.92 Å². The topological polar surface area (TPSA) is 85.2 Å². The quantitative estimate of drug-likeness (QED) is 0.299. The van der Waals surface area contributed by atoms with Crippen LogP contribution in [0.4, 0.5) is 0 Å². The van der Waals surface area contributed by atoms with Gasteiger partial charge in [-0.15, -0.1) is 0 Å². The van der Waals surface area contributed by atoms with Crippen molar-refractivity contribution in [3.8, 4) is 0 Å². The lowest BCUT2D eigenvalue weighted by atomic mass is 10.6. The van der Waals surface area contributed by atoms with E-state index >= 15 is 0 Å². The molecule has 0 aromatic heterocycles. The second-order valence-corrected chi connectivity index (χ2v) is 2.47. The molecule has 2 N–H and O–H groups in total. The number of aliphatic hydroxyl groups is 2. The summed E-state index contributed by atoms with van der Waals surface area (Å²) in [4.78, 5) is 10.3. The highest BCUT2D eigenvalue weighted by Crippen LogP contribution is 1.89. The van der Waals surface area contributed by atoms with E-state index in [1.54, 1.807) is 0 Å². The molecule has 0 radical (unpaired) electrons. The van der Waals surface area contributed by atoms with Gasteiger partial charge in [-0.25, -0.2) is 0 Å². The minimum absolute atomic E-state index is 0.0317. The lowest BCUT2D eigenvalue weighted by molar-refractivity contribution is -0.175. The van der Waals surface area contributed by atoms with E-state index in [0.29, 0.717) is 6.61 Å². The Hall–Kier alpha value is -0.690. The molecule has 0 aliphatic rings. The summed E-state index contributed by atoms with van der Waals surface area (Å²) in [6, 6.07) is 0. The van der Waals surface area contributed by atoms with Crippen LogP contribution in [0, 0.1) is 0 Å². The van der Waals surface area contributed by atoms with Crippen LogP contribution < -0.4 is 0 Å². The molecule has 6 heteroatoms. The van der Waals surface area contributed by atoms with Crippen LogP contribution >= 0.6 is 0 Å². The Morgan fingerprint density at radius 1 is 1.29 bits per heavy atom. The molecule has 0 rings (SSSR count). The summed E-state index contributed by atoms with van der Waals surface area (Å²) in [5.74, 6) is -0.558. The summed E-state index contributed by atoms with van der Waals surface area (Å²) in [6.07, 6.45) is -1.23. The third-order valence-corrected chi connectivity index (χ3v) is 1.17. The van der Waals surface area contributed by atoms with Crippen molar-refractivity contribution in [3.05, 3.63) is 0 Å². The van der Waals surface area contributed by atoms with Crippen LogP contribution in [-0.4, -0.2) is 55.5 Å². The Morgan fingerprint density at radius 2 is 1.93 bits per heavy atom. The molecule has 0 aromatic carbocycles. The Kier molecular flexibility index (Phi) is 8.45. The van der Waals surface area contributed by atoms with Gasteiger partial charge in [0.2, 0.25) is 6.29 Å². The lowest BCUT2D eigenvalue weighted by Crippen LogP contribution is -2.22. The van der Waals surface area contributed by atoms with Gasteiger partial charge in [0.05, 0.1) is 26.4 Å². The zero-order valence-corrected chi connectivity index (χ0v) is 8.14. The third-order valence-electron chi connectivity index (χ3n) is 1.17. The maximum atomic E-state index is 10.3. The van der Waals surface area contributed by atoms with E-state index in [-0.39, 0.29) is 26.4 Å². The highest BCUT2D eigenvalue weighted by atomic mass is 16.7. The Balaban J connectivity index is 3.14. The van der Waals surface area contributed by atoms with Gasteiger partial charge in [-0.3, -0.25) is 4.79 Å². The van der Waals surface area contributed by atoms with Crippen molar-refractivity contribution in [1.29, 1.82) is 0 Å². The Labute approximate surface area is 82.4 Å². The van der Waals surface area contributed by atoms with Crippen molar-refractivity contribution >= 4 is 5.97 Å². The molecule has 0 aliphatic carbocycles. The first-order valence-electron chi connectivity index (χ1n) is 4.28. The monoisotopic (exact) mass is 208 g/mol. The Morgan fingerprint density at radius 3 is 2.50 bits per heavy atom. The van der Waals surface area contributed by atoms with Crippen molar-refractivity contribution in [2.24, 2.45) is 0 Å². The molecule has 6 nitrogen and oxygen atoms in total. The predicted molar refractivity (Wildman–Crippen MR) is 46.5 cm³/mol. The largest absolute Gasteiger partial charge is 0.434 e. The number of hydrogen-bond acceptors (Lipinski definition) is 6. The van der Waals surface area contributed by atoms with E-state index in [4.69, 9.17) is 19.7 Å². The van der Waals surface area contributed by atoms with Crippen molar-refractivity contribution in [1.82, 2.24) is 0 Å². The van der Waals surface area contributed by atoms with E-state index in [9.17, 15) is 4.79 Å². The first-order valence-corrected chi connectivity index (χ1v) is 4.28. The second-order valence-electron chi connectivity index (χ2n) is 2.47. The van der Waals surface area contributed by atoms with Gasteiger partial charge < -0.3 is 24.4 Å². The van der Waals surface area contributed by atoms with Crippen LogP contribution in [0.25, 0.3) is 0 Å². The van der Waals surface area contributed by atoms with Gasteiger partial charge in [-0.05, 0) is 0 Å².